The van der Waals surface area contributed by atoms with Gasteiger partial charge in [-0.1, -0.05) is 30.3 Å². The van der Waals surface area contributed by atoms with Gasteiger partial charge in [-0.3, -0.25) is 4.79 Å². The predicted molar refractivity (Wildman–Crippen MR) is 95.8 cm³/mol. The van der Waals surface area contributed by atoms with Gasteiger partial charge in [0, 0.05) is 37.9 Å². The zero-order valence-corrected chi connectivity index (χ0v) is 14.3. The monoisotopic (exact) mass is 349 g/mol. The van der Waals surface area contributed by atoms with Crippen molar-refractivity contribution in [2.45, 2.75) is 25.8 Å². The highest BCUT2D eigenvalue weighted by molar-refractivity contribution is 5.76. The first-order chi connectivity index (χ1) is 12.7. The second kappa shape index (κ2) is 6.95. The molecule has 1 amide bonds. The van der Waals surface area contributed by atoms with Gasteiger partial charge in [-0.25, -0.2) is 4.98 Å². The molecule has 7 nitrogen and oxygen atoms in total. The van der Waals surface area contributed by atoms with Gasteiger partial charge in [0.25, 0.3) is 0 Å². The van der Waals surface area contributed by atoms with E-state index in [0.717, 1.165) is 16.8 Å². The van der Waals surface area contributed by atoms with Crippen LogP contribution in [0.15, 0.2) is 47.0 Å². The number of nitrogens with two attached hydrogens (primary N) is 1. The number of hydrogen-bond donors (Lipinski definition) is 1. The zero-order chi connectivity index (χ0) is 17.9. The SMILES string of the molecule is Nc1cc2c(nn1)CCN(C(=O)CCc1ncc(-c3ccccc3)o1)C2. The van der Waals surface area contributed by atoms with Gasteiger partial charge in [0.1, 0.15) is 5.82 Å². The van der Waals surface area contributed by atoms with Crippen molar-refractivity contribution in [3.8, 4) is 11.3 Å². The number of amides is 1. The number of rotatable bonds is 4. The van der Waals surface area contributed by atoms with Gasteiger partial charge in [0.05, 0.1) is 11.9 Å². The lowest BCUT2D eigenvalue weighted by Crippen LogP contribution is -2.36. The van der Waals surface area contributed by atoms with Gasteiger partial charge < -0.3 is 15.1 Å². The summed E-state index contributed by atoms with van der Waals surface area (Å²) >= 11 is 0. The summed E-state index contributed by atoms with van der Waals surface area (Å²) in [6.45, 7) is 1.17. The number of benzene rings is 1. The highest BCUT2D eigenvalue weighted by Crippen LogP contribution is 2.21. The Balaban J connectivity index is 1.37. The molecule has 0 aliphatic carbocycles. The van der Waals surface area contributed by atoms with Crippen molar-refractivity contribution in [1.29, 1.82) is 0 Å². The van der Waals surface area contributed by atoms with Crippen LogP contribution in [0.1, 0.15) is 23.6 Å². The molecule has 2 N–H and O–H groups in total. The van der Waals surface area contributed by atoms with E-state index in [4.69, 9.17) is 10.2 Å². The number of carbonyl (C=O) groups excluding carboxylic acids is 1. The molecule has 0 saturated carbocycles. The zero-order valence-electron chi connectivity index (χ0n) is 14.3. The van der Waals surface area contributed by atoms with E-state index in [-0.39, 0.29) is 5.91 Å². The normalized spacial score (nSPS) is 13.5. The average molecular weight is 349 g/mol. The molecule has 2 aromatic heterocycles. The molecule has 132 valence electrons. The van der Waals surface area contributed by atoms with Crippen LogP contribution in [-0.4, -0.2) is 32.5 Å². The third kappa shape index (κ3) is 3.42. The maximum absolute atomic E-state index is 12.5. The molecule has 3 heterocycles. The first-order valence-electron chi connectivity index (χ1n) is 8.58. The van der Waals surface area contributed by atoms with Crippen molar-refractivity contribution in [3.63, 3.8) is 0 Å². The highest BCUT2D eigenvalue weighted by atomic mass is 16.4. The first kappa shape index (κ1) is 16.3. The third-order valence-corrected chi connectivity index (χ3v) is 4.48. The molecule has 26 heavy (non-hydrogen) atoms. The highest BCUT2D eigenvalue weighted by Gasteiger charge is 2.22. The Labute approximate surface area is 150 Å². The van der Waals surface area contributed by atoms with Crippen LogP contribution in [0.25, 0.3) is 11.3 Å². The number of aromatic nitrogens is 3. The lowest BCUT2D eigenvalue weighted by atomic mass is 10.1. The van der Waals surface area contributed by atoms with E-state index in [2.05, 4.69) is 15.2 Å². The Bertz CT molecular complexity index is 923. The van der Waals surface area contributed by atoms with E-state index >= 15 is 0 Å². The summed E-state index contributed by atoms with van der Waals surface area (Å²) in [7, 11) is 0. The van der Waals surface area contributed by atoms with E-state index in [0.29, 0.717) is 49.8 Å². The fourth-order valence-corrected chi connectivity index (χ4v) is 3.09. The molecule has 1 aliphatic rings. The number of oxazole rings is 1. The number of nitrogen functional groups attached to an aromatic ring is 1. The lowest BCUT2D eigenvalue weighted by molar-refractivity contribution is -0.132. The van der Waals surface area contributed by atoms with Crippen LogP contribution in [0.3, 0.4) is 0 Å². The molecule has 0 unspecified atom stereocenters. The number of hydrogen-bond acceptors (Lipinski definition) is 6. The summed E-state index contributed by atoms with van der Waals surface area (Å²) in [5, 5.41) is 7.97. The van der Waals surface area contributed by atoms with Crippen LogP contribution < -0.4 is 5.73 Å². The second-order valence-electron chi connectivity index (χ2n) is 6.29. The van der Waals surface area contributed by atoms with Gasteiger partial charge in [-0.05, 0) is 11.6 Å². The van der Waals surface area contributed by atoms with Crippen LogP contribution in [0, 0.1) is 0 Å². The molecule has 0 spiro atoms. The van der Waals surface area contributed by atoms with Gasteiger partial charge in [0.2, 0.25) is 5.91 Å². The molecule has 0 saturated heterocycles. The van der Waals surface area contributed by atoms with Crippen LogP contribution in [0.2, 0.25) is 0 Å². The molecular formula is C19H19N5O2. The van der Waals surface area contributed by atoms with E-state index in [1.165, 1.54) is 0 Å². The number of carbonyl (C=O) groups is 1. The van der Waals surface area contributed by atoms with E-state index in [1.807, 2.05) is 35.2 Å². The smallest absolute Gasteiger partial charge is 0.223 e. The summed E-state index contributed by atoms with van der Waals surface area (Å²) in [6.07, 6.45) is 3.24. The largest absolute Gasteiger partial charge is 0.441 e. The summed E-state index contributed by atoms with van der Waals surface area (Å²) in [5.41, 5.74) is 8.56. The minimum absolute atomic E-state index is 0.0745. The Kier molecular flexibility index (Phi) is 4.35. The Morgan fingerprint density at radius 1 is 1.23 bits per heavy atom. The van der Waals surface area contributed by atoms with Crippen molar-refractivity contribution in [2.75, 3.05) is 12.3 Å². The Morgan fingerprint density at radius 3 is 2.92 bits per heavy atom. The second-order valence-corrected chi connectivity index (χ2v) is 6.29. The molecule has 0 radical (unpaired) electrons. The first-order valence-corrected chi connectivity index (χ1v) is 8.58. The number of nitrogens with zero attached hydrogens (tertiary/aromatic N) is 4. The van der Waals surface area contributed by atoms with E-state index in [9.17, 15) is 4.79 Å². The molecule has 1 aromatic carbocycles. The van der Waals surface area contributed by atoms with E-state index < -0.39 is 0 Å². The van der Waals surface area contributed by atoms with Crippen LogP contribution in [0.4, 0.5) is 5.82 Å². The van der Waals surface area contributed by atoms with Gasteiger partial charge in [-0.15, -0.1) is 5.10 Å². The van der Waals surface area contributed by atoms with Gasteiger partial charge in [-0.2, -0.15) is 5.10 Å². The van der Waals surface area contributed by atoms with Crippen molar-refractivity contribution < 1.29 is 9.21 Å². The number of anilines is 1. The van der Waals surface area contributed by atoms with Crippen molar-refractivity contribution >= 4 is 11.7 Å². The summed E-state index contributed by atoms with van der Waals surface area (Å²) in [5.74, 6) is 1.75. The van der Waals surface area contributed by atoms with E-state index in [1.54, 1.807) is 12.3 Å². The summed E-state index contributed by atoms with van der Waals surface area (Å²) < 4.78 is 5.76. The molecule has 7 heteroatoms. The lowest BCUT2D eigenvalue weighted by Gasteiger charge is -2.27. The fraction of sp³-hybridized carbons (Fsp3) is 0.263. The van der Waals surface area contributed by atoms with Crippen LogP contribution in [0.5, 0.6) is 0 Å². The maximum atomic E-state index is 12.5. The summed E-state index contributed by atoms with van der Waals surface area (Å²) in [6, 6.07) is 11.6. The van der Waals surface area contributed by atoms with Crippen molar-refractivity contribution in [2.24, 2.45) is 0 Å². The summed E-state index contributed by atoms with van der Waals surface area (Å²) in [4.78, 5) is 18.6. The van der Waals surface area contributed by atoms with Crippen molar-refractivity contribution in [3.05, 3.63) is 59.7 Å². The number of fused-ring (bicyclic) bond motifs is 1. The Hall–Kier alpha value is -3.22. The van der Waals surface area contributed by atoms with Gasteiger partial charge in [0.15, 0.2) is 11.7 Å². The number of aryl methyl sites for hydroxylation is 1. The van der Waals surface area contributed by atoms with Crippen LogP contribution >= 0.6 is 0 Å². The molecule has 3 aromatic rings. The quantitative estimate of drug-likeness (QED) is 0.775. The molecule has 1 aliphatic heterocycles. The minimum Gasteiger partial charge on any atom is -0.441 e. The molecular weight excluding hydrogens is 330 g/mol. The van der Waals surface area contributed by atoms with Gasteiger partial charge >= 0.3 is 0 Å². The predicted octanol–water partition coefficient (Wildman–Crippen LogP) is 2.23. The topological polar surface area (TPSA) is 98.1 Å². The average Bonchev–Trinajstić information content (AvgIpc) is 3.15. The third-order valence-electron chi connectivity index (χ3n) is 4.48. The molecule has 0 bridgehead atoms. The molecule has 4 rings (SSSR count). The molecule has 0 atom stereocenters. The standard InChI is InChI=1S/C19H19N5O2/c20-17-10-14-12-24(9-8-15(14)22-23-17)19(25)7-6-18-21-11-16(26-18)13-4-2-1-3-5-13/h1-5,10-11H,6-9,12H2,(H2,20,23). The molecule has 0 fully saturated rings. The fourth-order valence-electron chi connectivity index (χ4n) is 3.09. The van der Waals surface area contributed by atoms with Crippen molar-refractivity contribution in [1.82, 2.24) is 20.1 Å². The maximum Gasteiger partial charge on any atom is 0.223 e. The Morgan fingerprint density at radius 2 is 2.08 bits per heavy atom. The van der Waals surface area contributed by atoms with Crippen LogP contribution in [-0.2, 0) is 24.2 Å². The minimum atomic E-state index is 0.0745.